The lowest BCUT2D eigenvalue weighted by atomic mass is 10.3. The highest BCUT2D eigenvalue weighted by Crippen LogP contribution is 2.15. The summed E-state index contributed by atoms with van der Waals surface area (Å²) in [6.07, 6.45) is 1.73. The van der Waals surface area contributed by atoms with Gasteiger partial charge in [-0.05, 0) is 19.1 Å². The summed E-state index contributed by atoms with van der Waals surface area (Å²) < 4.78 is 5.11. The maximum Gasteiger partial charge on any atom is 0.180 e. The highest BCUT2D eigenvalue weighted by molar-refractivity contribution is 5.52. The van der Waals surface area contributed by atoms with Crippen LogP contribution in [0.2, 0.25) is 0 Å². The quantitative estimate of drug-likeness (QED) is 0.873. The van der Waals surface area contributed by atoms with Crippen molar-refractivity contribution in [2.45, 2.75) is 13.5 Å². The molecule has 2 rings (SSSR count). The Hall–Kier alpha value is -2.01. The van der Waals surface area contributed by atoms with Gasteiger partial charge in [-0.15, -0.1) is 0 Å². The van der Waals surface area contributed by atoms with Crippen molar-refractivity contribution in [2.75, 3.05) is 19.0 Å². The number of nitrogens with one attached hydrogen (secondary N) is 1. The van der Waals surface area contributed by atoms with Gasteiger partial charge in [0, 0.05) is 25.9 Å². The van der Waals surface area contributed by atoms with E-state index in [-0.39, 0.29) is 0 Å². The van der Waals surface area contributed by atoms with E-state index in [0.29, 0.717) is 12.4 Å². The molecule has 0 aromatic carbocycles. The Morgan fingerprint density at radius 1 is 1.28 bits per heavy atom. The van der Waals surface area contributed by atoms with E-state index in [9.17, 15) is 0 Å². The summed E-state index contributed by atoms with van der Waals surface area (Å²) in [5.74, 6) is 1.40. The number of hydrogen-bond donors (Lipinski definition) is 1. The van der Waals surface area contributed by atoms with Gasteiger partial charge in [0.15, 0.2) is 5.82 Å². The summed E-state index contributed by atoms with van der Waals surface area (Å²) in [7, 11) is 1.65. The first-order valence-corrected chi connectivity index (χ1v) is 5.85. The zero-order valence-corrected chi connectivity index (χ0v) is 10.6. The van der Waals surface area contributed by atoms with Crippen LogP contribution in [0.25, 0.3) is 11.5 Å². The molecule has 0 saturated heterocycles. The van der Waals surface area contributed by atoms with Crippen LogP contribution in [0.5, 0.6) is 0 Å². The van der Waals surface area contributed by atoms with Crippen molar-refractivity contribution in [3.63, 3.8) is 0 Å². The number of aromatic nitrogens is 3. The van der Waals surface area contributed by atoms with Gasteiger partial charge in [-0.3, -0.25) is 4.98 Å². The van der Waals surface area contributed by atoms with E-state index in [1.54, 1.807) is 13.3 Å². The molecule has 0 saturated carbocycles. The van der Waals surface area contributed by atoms with E-state index in [0.717, 1.165) is 23.8 Å². The molecule has 18 heavy (non-hydrogen) atoms. The van der Waals surface area contributed by atoms with Crippen molar-refractivity contribution in [2.24, 2.45) is 0 Å². The molecule has 0 atom stereocenters. The lowest BCUT2D eigenvalue weighted by Gasteiger charge is -2.08. The summed E-state index contributed by atoms with van der Waals surface area (Å²) in [5.41, 5.74) is 1.60. The number of methoxy groups -OCH3 is 1. The molecule has 0 radical (unpaired) electrons. The van der Waals surface area contributed by atoms with E-state index in [4.69, 9.17) is 4.74 Å². The molecule has 0 fully saturated rings. The van der Waals surface area contributed by atoms with Crippen molar-refractivity contribution < 1.29 is 4.74 Å². The number of hydrogen-bond acceptors (Lipinski definition) is 5. The third-order valence-electron chi connectivity index (χ3n) is 2.32. The Morgan fingerprint density at radius 2 is 2.17 bits per heavy atom. The summed E-state index contributed by atoms with van der Waals surface area (Å²) in [5, 5.41) is 3.18. The summed E-state index contributed by atoms with van der Waals surface area (Å²) in [4.78, 5) is 13.1. The molecule has 5 heteroatoms. The molecule has 0 spiro atoms. The van der Waals surface area contributed by atoms with Gasteiger partial charge in [-0.1, -0.05) is 6.07 Å². The predicted molar refractivity (Wildman–Crippen MR) is 70.1 cm³/mol. The summed E-state index contributed by atoms with van der Waals surface area (Å²) >= 11 is 0. The fourth-order valence-electron chi connectivity index (χ4n) is 1.60. The first kappa shape index (κ1) is 12.4. The third-order valence-corrected chi connectivity index (χ3v) is 2.32. The fraction of sp³-hybridized carbons (Fsp3) is 0.308. The van der Waals surface area contributed by atoms with E-state index in [1.807, 2.05) is 31.2 Å². The molecule has 0 aliphatic rings. The van der Waals surface area contributed by atoms with E-state index >= 15 is 0 Å². The highest BCUT2D eigenvalue weighted by atomic mass is 16.5. The van der Waals surface area contributed by atoms with Crippen molar-refractivity contribution in [1.29, 1.82) is 0 Å². The van der Waals surface area contributed by atoms with E-state index < -0.39 is 0 Å². The first-order chi connectivity index (χ1) is 8.83. The van der Waals surface area contributed by atoms with Gasteiger partial charge in [0.25, 0.3) is 0 Å². The Morgan fingerprint density at radius 3 is 2.83 bits per heavy atom. The van der Waals surface area contributed by atoms with Gasteiger partial charge < -0.3 is 10.1 Å². The molecule has 2 heterocycles. The van der Waals surface area contributed by atoms with E-state index in [1.165, 1.54) is 0 Å². The van der Waals surface area contributed by atoms with Crippen LogP contribution in [0.1, 0.15) is 12.6 Å². The van der Waals surface area contributed by atoms with Crippen molar-refractivity contribution in [3.8, 4) is 11.5 Å². The number of ether oxygens (including phenoxy) is 1. The van der Waals surface area contributed by atoms with Crippen LogP contribution in [0.3, 0.4) is 0 Å². The first-order valence-electron chi connectivity index (χ1n) is 5.85. The second kappa shape index (κ2) is 6.07. The second-order valence-electron chi connectivity index (χ2n) is 3.75. The van der Waals surface area contributed by atoms with Crippen LogP contribution in [-0.4, -0.2) is 28.6 Å². The smallest absolute Gasteiger partial charge is 0.180 e. The zero-order valence-electron chi connectivity index (χ0n) is 10.6. The van der Waals surface area contributed by atoms with Crippen LogP contribution >= 0.6 is 0 Å². The molecule has 0 amide bonds. The number of nitrogens with zero attached hydrogens (tertiary/aromatic N) is 3. The molecule has 2 aromatic rings. The molecule has 94 valence electrons. The zero-order chi connectivity index (χ0) is 12.8. The van der Waals surface area contributed by atoms with Crippen LogP contribution < -0.4 is 5.32 Å². The van der Waals surface area contributed by atoms with Crippen LogP contribution in [-0.2, 0) is 11.3 Å². The minimum Gasteiger partial charge on any atom is -0.378 e. The monoisotopic (exact) mass is 244 g/mol. The predicted octanol–water partition coefficient (Wildman–Crippen LogP) is 2.12. The summed E-state index contributed by atoms with van der Waals surface area (Å²) in [6, 6.07) is 7.57. The highest BCUT2D eigenvalue weighted by Gasteiger charge is 2.07. The average molecular weight is 244 g/mol. The van der Waals surface area contributed by atoms with Crippen molar-refractivity contribution in [3.05, 3.63) is 36.2 Å². The Bertz CT molecular complexity index is 477. The molecule has 2 aromatic heterocycles. The maximum absolute atomic E-state index is 5.11. The second-order valence-corrected chi connectivity index (χ2v) is 3.75. The van der Waals surface area contributed by atoms with E-state index in [2.05, 4.69) is 20.3 Å². The standard InChI is InChI=1S/C13H16N4O/c1-3-14-12-8-10(9-18-2)16-13(17-12)11-6-4-5-7-15-11/h4-8H,3,9H2,1-2H3,(H,14,16,17). The normalized spacial score (nSPS) is 10.3. The average Bonchev–Trinajstić information content (AvgIpc) is 2.40. The maximum atomic E-state index is 5.11. The van der Waals surface area contributed by atoms with Gasteiger partial charge in [-0.2, -0.15) is 0 Å². The number of anilines is 1. The Balaban J connectivity index is 2.39. The Kier molecular flexibility index (Phi) is 4.20. The van der Waals surface area contributed by atoms with Gasteiger partial charge in [-0.25, -0.2) is 9.97 Å². The minimum absolute atomic E-state index is 0.459. The molecule has 0 unspecified atom stereocenters. The molecule has 1 N–H and O–H groups in total. The lowest BCUT2D eigenvalue weighted by Crippen LogP contribution is -2.05. The van der Waals surface area contributed by atoms with Gasteiger partial charge in [0.05, 0.1) is 12.3 Å². The van der Waals surface area contributed by atoms with Crippen LogP contribution in [0.4, 0.5) is 5.82 Å². The van der Waals surface area contributed by atoms with Gasteiger partial charge in [0.2, 0.25) is 0 Å². The topological polar surface area (TPSA) is 59.9 Å². The fourth-order valence-corrected chi connectivity index (χ4v) is 1.60. The molecular weight excluding hydrogens is 228 g/mol. The molecule has 0 bridgehead atoms. The number of pyridine rings is 1. The largest absolute Gasteiger partial charge is 0.378 e. The van der Waals surface area contributed by atoms with Gasteiger partial charge in [0.1, 0.15) is 11.5 Å². The Labute approximate surface area is 106 Å². The van der Waals surface area contributed by atoms with Crippen LogP contribution in [0.15, 0.2) is 30.5 Å². The lowest BCUT2D eigenvalue weighted by molar-refractivity contribution is 0.181. The molecule has 5 nitrogen and oxygen atoms in total. The van der Waals surface area contributed by atoms with Crippen molar-refractivity contribution in [1.82, 2.24) is 15.0 Å². The molecular formula is C13H16N4O. The van der Waals surface area contributed by atoms with Crippen LogP contribution in [0, 0.1) is 0 Å². The number of rotatable bonds is 5. The minimum atomic E-state index is 0.459. The van der Waals surface area contributed by atoms with Crippen molar-refractivity contribution >= 4 is 5.82 Å². The third kappa shape index (κ3) is 3.01. The summed E-state index contributed by atoms with van der Waals surface area (Å²) in [6.45, 7) is 3.30. The molecule has 0 aliphatic heterocycles. The SMILES string of the molecule is CCNc1cc(COC)nc(-c2ccccn2)n1. The molecule has 0 aliphatic carbocycles. The van der Waals surface area contributed by atoms with Gasteiger partial charge >= 0.3 is 0 Å².